The number of nitrogens with zero attached hydrogens (tertiary/aromatic N) is 4. The molecular weight excluding hydrogens is 338 g/mol. The zero-order valence-corrected chi connectivity index (χ0v) is 14.5. The third-order valence-electron chi connectivity index (χ3n) is 4.35. The van der Waals surface area contributed by atoms with Gasteiger partial charge in [-0.3, -0.25) is 9.89 Å². The SMILES string of the molecule is Cc1[nH]n2c(=O)cc(C(C)n3ccnc3)nc2c1-c1ccc(Cl)cc1. The molecule has 4 rings (SSSR count). The fourth-order valence-electron chi connectivity index (χ4n) is 2.99. The topological polar surface area (TPSA) is 68.0 Å². The van der Waals surface area contributed by atoms with Crippen molar-refractivity contribution in [2.45, 2.75) is 19.9 Å². The second-order valence-corrected chi connectivity index (χ2v) is 6.42. The molecule has 0 amide bonds. The third kappa shape index (κ3) is 2.64. The Morgan fingerprint density at radius 1 is 1.24 bits per heavy atom. The molecule has 7 heteroatoms. The van der Waals surface area contributed by atoms with Crippen molar-refractivity contribution in [3.05, 3.63) is 75.8 Å². The molecule has 0 radical (unpaired) electrons. The van der Waals surface area contributed by atoms with E-state index < -0.39 is 0 Å². The van der Waals surface area contributed by atoms with Crippen molar-refractivity contribution in [2.24, 2.45) is 0 Å². The normalized spacial score (nSPS) is 12.6. The van der Waals surface area contributed by atoms with Gasteiger partial charge < -0.3 is 4.57 Å². The first-order chi connectivity index (χ1) is 12.0. The number of nitrogens with one attached hydrogen (secondary N) is 1. The van der Waals surface area contributed by atoms with Crippen LogP contribution in [0.15, 0.2) is 53.8 Å². The standard InChI is InChI=1S/C18H16ClN5O/c1-11-17(13-3-5-14(19)6-4-13)18-21-15(9-16(25)24(18)22-11)12(2)23-8-7-20-10-23/h3-10,12,22H,1-2H3. The maximum Gasteiger partial charge on any atom is 0.272 e. The van der Waals surface area contributed by atoms with Crippen LogP contribution in [0.1, 0.15) is 24.4 Å². The van der Waals surface area contributed by atoms with Crippen LogP contribution in [0.25, 0.3) is 16.8 Å². The largest absolute Gasteiger partial charge is 0.329 e. The quantitative estimate of drug-likeness (QED) is 0.613. The number of aromatic nitrogens is 5. The van der Waals surface area contributed by atoms with Crippen LogP contribution in [-0.4, -0.2) is 24.1 Å². The fraction of sp³-hybridized carbons (Fsp3) is 0.167. The Hall–Kier alpha value is -2.86. The van der Waals surface area contributed by atoms with Crippen molar-refractivity contribution in [3.63, 3.8) is 0 Å². The van der Waals surface area contributed by atoms with Gasteiger partial charge in [0.15, 0.2) is 5.65 Å². The van der Waals surface area contributed by atoms with E-state index in [1.165, 1.54) is 4.52 Å². The number of fused-ring (bicyclic) bond motifs is 1. The molecule has 0 saturated heterocycles. The van der Waals surface area contributed by atoms with Gasteiger partial charge in [-0.2, -0.15) is 0 Å². The smallest absolute Gasteiger partial charge is 0.272 e. The first-order valence-electron chi connectivity index (χ1n) is 7.90. The van der Waals surface area contributed by atoms with Gasteiger partial charge in [0.05, 0.1) is 18.1 Å². The molecule has 0 spiro atoms. The maximum absolute atomic E-state index is 12.6. The highest BCUT2D eigenvalue weighted by molar-refractivity contribution is 6.30. The molecule has 1 N–H and O–H groups in total. The summed E-state index contributed by atoms with van der Waals surface area (Å²) in [7, 11) is 0. The van der Waals surface area contributed by atoms with Crippen LogP contribution in [-0.2, 0) is 0 Å². The van der Waals surface area contributed by atoms with Gasteiger partial charge in [0, 0.05) is 34.7 Å². The maximum atomic E-state index is 12.6. The van der Waals surface area contributed by atoms with Crippen LogP contribution in [0.3, 0.4) is 0 Å². The minimum absolute atomic E-state index is 0.0894. The van der Waals surface area contributed by atoms with E-state index >= 15 is 0 Å². The molecular formula is C18H16ClN5O. The van der Waals surface area contributed by atoms with E-state index in [4.69, 9.17) is 16.6 Å². The summed E-state index contributed by atoms with van der Waals surface area (Å²) in [5.74, 6) is 0. The fourth-order valence-corrected chi connectivity index (χ4v) is 3.12. The van der Waals surface area contributed by atoms with E-state index in [0.717, 1.165) is 16.8 Å². The number of benzene rings is 1. The molecule has 0 fully saturated rings. The summed E-state index contributed by atoms with van der Waals surface area (Å²) < 4.78 is 3.39. The van der Waals surface area contributed by atoms with Crippen molar-refractivity contribution in [1.82, 2.24) is 24.1 Å². The van der Waals surface area contributed by atoms with E-state index in [1.807, 2.05) is 48.9 Å². The summed E-state index contributed by atoms with van der Waals surface area (Å²) in [6.45, 7) is 3.92. The summed E-state index contributed by atoms with van der Waals surface area (Å²) in [4.78, 5) is 21.4. The van der Waals surface area contributed by atoms with Crippen LogP contribution in [0, 0.1) is 6.92 Å². The average Bonchev–Trinajstić information content (AvgIpc) is 3.23. The highest BCUT2D eigenvalue weighted by Crippen LogP contribution is 2.28. The Morgan fingerprint density at radius 3 is 2.68 bits per heavy atom. The molecule has 6 nitrogen and oxygen atoms in total. The monoisotopic (exact) mass is 353 g/mol. The van der Waals surface area contributed by atoms with Crippen molar-refractivity contribution in [2.75, 3.05) is 0 Å². The van der Waals surface area contributed by atoms with Crippen LogP contribution >= 0.6 is 11.6 Å². The van der Waals surface area contributed by atoms with Crippen molar-refractivity contribution < 1.29 is 0 Å². The number of aromatic amines is 1. The first kappa shape index (κ1) is 15.7. The predicted octanol–water partition coefficient (Wildman–Crippen LogP) is 3.46. The zero-order chi connectivity index (χ0) is 17.6. The number of halogens is 1. The van der Waals surface area contributed by atoms with Gasteiger partial charge in [-0.15, -0.1) is 0 Å². The Bertz CT molecular complexity index is 1090. The van der Waals surface area contributed by atoms with E-state index in [-0.39, 0.29) is 11.6 Å². The minimum atomic E-state index is -0.143. The van der Waals surface area contributed by atoms with E-state index in [2.05, 4.69) is 10.1 Å². The van der Waals surface area contributed by atoms with Gasteiger partial charge in [0.1, 0.15) is 0 Å². The molecule has 0 aliphatic rings. The summed E-state index contributed by atoms with van der Waals surface area (Å²) in [6, 6.07) is 8.98. The molecule has 0 aliphatic carbocycles. The zero-order valence-electron chi connectivity index (χ0n) is 13.8. The molecule has 3 aromatic heterocycles. The molecule has 0 saturated carbocycles. The molecule has 1 unspecified atom stereocenters. The van der Waals surface area contributed by atoms with Crippen molar-refractivity contribution in [3.8, 4) is 11.1 Å². The number of aryl methyl sites for hydroxylation is 1. The lowest BCUT2D eigenvalue weighted by Crippen LogP contribution is -2.18. The van der Waals surface area contributed by atoms with Gasteiger partial charge >= 0.3 is 0 Å². The van der Waals surface area contributed by atoms with Crippen molar-refractivity contribution in [1.29, 1.82) is 0 Å². The Balaban J connectivity index is 1.94. The molecule has 1 aromatic carbocycles. The van der Waals surface area contributed by atoms with Gasteiger partial charge in [-0.25, -0.2) is 14.5 Å². The second-order valence-electron chi connectivity index (χ2n) is 5.98. The summed E-state index contributed by atoms with van der Waals surface area (Å²) >= 11 is 5.99. The van der Waals surface area contributed by atoms with Crippen molar-refractivity contribution >= 4 is 17.2 Å². The summed E-state index contributed by atoms with van der Waals surface area (Å²) in [6.07, 6.45) is 5.29. The van der Waals surface area contributed by atoms with Gasteiger partial charge in [-0.1, -0.05) is 23.7 Å². The third-order valence-corrected chi connectivity index (χ3v) is 4.60. The molecule has 25 heavy (non-hydrogen) atoms. The number of imidazole rings is 1. The van der Waals surface area contributed by atoms with Crippen LogP contribution in [0.2, 0.25) is 5.02 Å². The highest BCUT2D eigenvalue weighted by atomic mass is 35.5. The number of hydrogen-bond donors (Lipinski definition) is 1. The lowest BCUT2D eigenvalue weighted by molar-refractivity contribution is 0.617. The summed E-state index contributed by atoms with van der Waals surface area (Å²) in [5.41, 5.74) is 3.88. The Morgan fingerprint density at radius 2 is 2.00 bits per heavy atom. The van der Waals surface area contributed by atoms with Gasteiger partial charge in [0.25, 0.3) is 5.56 Å². The predicted molar refractivity (Wildman–Crippen MR) is 97.0 cm³/mol. The second kappa shape index (κ2) is 5.89. The Kier molecular flexibility index (Phi) is 3.69. The van der Waals surface area contributed by atoms with Crippen LogP contribution < -0.4 is 5.56 Å². The lowest BCUT2D eigenvalue weighted by atomic mass is 10.1. The van der Waals surface area contributed by atoms with Gasteiger partial charge in [-0.05, 0) is 31.5 Å². The van der Waals surface area contributed by atoms with Crippen LogP contribution in [0.5, 0.6) is 0 Å². The molecule has 4 aromatic rings. The van der Waals surface area contributed by atoms with Gasteiger partial charge in [0.2, 0.25) is 0 Å². The van der Waals surface area contributed by atoms with E-state index in [9.17, 15) is 4.79 Å². The Labute approximate surface area is 148 Å². The van der Waals surface area contributed by atoms with E-state index in [0.29, 0.717) is 16.4 Å². The van der Waals surface area contributed by atoms with E-state index in [1.54, 1.807) is 18.6 Å². The molecule has 0 bridgehead atoms. The number of rotatable bonds is 3. The molecule has 1 atom stereocenters. The highest BCUT2D eigenvalue weighted by Gasteiger charge is 2.17. The molecule has 126 valence electrons. The first-order valence-corrected chi connectivity index (χ1v) is 8.28. The summed E-state index contributed by atoms with van der Waals surface area (Å²) in [5, 5.41) is 3.77. The molecule has 3 heterocycles. The molecule has 0 aliphatic heterocycles. The minimum Gasteiger partial charge on any atom is -0.329 e. The number of hydrogen-bond acceptors (Lipinski definition) is 3. The number of H-pyrrole nitrogens is 1. The van der Waals surface area contributed by atoms with Crippen LogP contribution in [0.4, 0.5) is 0 Å². The lowest BCUT2D eigenvalue weighted by Gasteiger charge is -2.12. The average molecular weight is 354 g/mol.